The summed E-state index contributed by atoms with van der Waals surface area (Å²) in [5, 5.41) is 0. The summed E-state index contributed by atoms with van der Waals surface area (Å²) >= 11 is 0. The molecule has 1 fully saturated rings. The molecule has 1 nitrogen and oxygen atoms in total. The van der Waals surface area contributed by atoms with Crippen LogP contribution in [0.1, 0.15) is 234 Å². The van der Waals surface area contributed by atoms with E-state index in [1.807, 2.05) is 83.1 Å². The SMILES string of the molecule is C1CCCCCCC1.CC.CC.CC.CC.CC.CC.CC(C)C.CCC.CCCC.CCCO[Si](C)(C)C.CCCc1ccccc1. The summed E-state index contributed by atoms with van der Waals surface area (Å²) in [6.07, 6.45) is 19.5. The first-order chi connectivity index (χ1) is 23.1. The molecule has 0 radical (unpaired) electrons. The minimum Gasteiger partial charge on any atom is -0.418 e. The number of unbranched alkanes of at least 4 members (excludes halogenated alkanes) is 1. The average molecular weight is 705 g/mol. The second kappa shape index (κ2) is 91.1. The molecule has 2 heteroatoms. The molecule has 0 saturated heterocycles. The molecular weight excluding hydrogens is 597 g/mol. The molecule has 0 aliphatic heterocycles. The van der Waals surface area contributed by atoms with Crippen LogP contribution < -0.4 is 0 Å². The lowest BCUT2D eigenvalue weighted by Crippen LogP contribution is -2.25. The van der Waals surface area contributed by atoms with Gasteiger partial charge < -0.3 is 4.43 Å². The predicted molar refractivity (Wildman–Crippen MR) is 242 cm³/mol. The van der Waals surface area contributed by atoms with Crippen molar-refractivity contribution in [3.05, 3.63) is 35.9 Å². The van der Waals surface area contributed by atoms with Gasteiger partial charge in [-0.05, 0) is 44.0 Å². The Kier molecular flexibility index (Phi) is 138. The quantitative estimate of drug-likeness (QED) is 0.268. The maximum atomic E-state index is 5.52. The molecular formula is C46H108OSi. The Balaban J connectivity index is -0.0000000436. The normalized spacial score (nSPS) is 10.3. The van der Waals surface area contributed by atoms with Crippen LogP contribution >= 0.6 is 0 Å². The van der Waals surface area contributed by atoms with Crippen molar-refractivity contribution in [3.8, 4) is 0 Å². The molecule has 1 aliphatic carbocycles. The van der Waals surface area contributed by atoms with E-state index in [0.717, 1.165) is 18.9 Å². The summed E-state index contributed by atoms with van der Waals surface area (Å²) in [6, 6.07) is 10.6. The predicted octanol–water partition coefficient (Wildman–Crippen LogP) is 19.0. The van der Waals surface area contributed by atoms with Crippen LogP contribution in [0.15, 0.2) is 30.3 Å². The van der Waals surface area contributed by atoms with Gasteiger partial charge in [-0.25, -0.2) is 0 Å². The number of aryl methyl sites for hydroxylation is 1. The van der Waals surface area contributed by atoms with E-state index in [-0.39, 0.29) is 0 Å². The Hall–Kier alpha value is -0.603. The van der Waals surface area contributed by atoms with E-state index in [1.165, 1.54) is 89.0 Å². The highest BCUT2D eigenvalue weighted by Gasteiger charge is 2.12. The summed E-state index contributed by atoms with van der Waals surface area (Å²) in [6.45, 7) is 51.0. The van der Waals surface area contributed by atoms with Crippen molar-refractivity contribution in [2.24, 2.45) is 5.92 Å². The molecule has 0 spiro atoms. The largest absolute Gasteiger partial charge is 0.418 e. The van der Waals surface area contributed by atoms with Crippen LogP contribution in [-0.4, -0.2) is 14.9 Å². The zero-order chi connectivity index (χ0) is 40.5. The smallest absolute Gasteiger partial charge is 0.183 e. The van der Waals surface area contributed by atoms with Crippen LogP contribution in [0, 0.1) is 5.92 Å². The van der Waals surface area contributed by atoms with Crippen LogP contribution in [0.3, 0.4) is 0 Å². The van der Waals surface area contributed by atoms with Gasteiger partial charge in [0.2, 0.25) is 0 Å². The maximum absolute atomic E-state index is 5.52. The second-order valence-corrected chi connectivity index (χ2v) is 16.0. The third kappa shape index (κ3) is 150. The average Bonchev–Trinajstić information content (AvgIpc) is 3.10. The molecule has 0 heterocycles. The zero-order valence-corrected chi connectivity index (χ0v) is 40.5. The van der Waals surface area contributed by atoms with Gasteiger partial charge in [-0.1, -0.05) is 253 Å². The van der Waals surface area contributed by atoms with E-state index >= 15 is 0 Å². The molecule has 302 valence electrons. The maximum Gasteiger partial charge on any atom is 0.183 e. The molecule has 0 N–H and O–H groups in total. The fraction of sp³-hybridized carbons (Fsp3) is 0.870. The topological polar surface area (TPSA) is 9.23 Å². The third-order valence-corrected chi connectivity index (χ3v) is 5.69. The molecule has 0 unspecified atom stereocenters. The van der Waals surface area contributed by atoms with E-state index in [4.69, 9.17) is 4.43 Å². The number of rotatable bonds is 6. The molecule has 1 aliphatic rings. The highest BCUT2D eigenvalue weighted by atomic mass is 28.4. The molecule has 0 aromatic heterocycles. The van der Waals surface area contributed by atoms with Gasteiger partial charge in [0, 0.05) is 6.61 Å². The molecule has 48 heavy (non-hydrogen) atoms. The van der Waals surface area contributed by atoms with E-state index in [9.17, 15) is 0 Å². The van der Waals surface area contributed by atoms with Gasteiger partial charge in [-0.2, -0.15) is 0 Å². The van der Waals surface area contributed by atoms with Crippen molar-refractivity contribution in [2.75, 3.05) is 6.61 Å². The van der Waals surface area contributed by atoms with E-state index in [2.05, 4.69) is 112 Å². The third-order valence-electron chi connectivity index (χ3n) is 4.62. The summed E-state index contributed by atoms with van der Waals surface area (Å²) in [5.74, 6) is 0.833. The molecule has 0 atom stereocenters. The van der Waals surface area contributed by atoms with Crippen molar-refractivity contribution < 1.29 is 4.43 Å². The van der Waals surface area contributed by atoms with Crippen LogP contribution in [0.2, 0.25) is 19.6 Å². The zero-order valence-electron chi connectivity index (χ0n) is 39.5. The first-order valence-corrected chi connectivity index (χ1v) is 25.1. The fourth-order valence-electron chi connectivity index (χ4n) is 2.76. The van der Waals surface area contributed by atoms with Gasteiger partial charge in [0.05, 0.1) is 0 Å². The van der Waals surface area contributed by atoms with E-state index < -0.39 is 8.32 Å². The standard InChI is InChI=1S/C9H12.C8H16.C6H16OSi.2C4H10.C3H8.6C2H6/c1-2-6-9-7-4-3-5-8-9;1-2-4-6-8-7-5-3-1;1-5-6-7-8(2,3)4;1-4(2)3;1-3-4-2;1-3-2;6*1-2/h3-5,7-8H,2,6H2,1H3;1-8H2;5-6H2,1-4H3;4H,1-3H3;3-4H2,1-2H3;3H2,1-2H3;6*1-2H3. The Morgan fingerprint density at radius 2 is 0.729 bits per heavy atom. The van der Waals surface area contributed by atoms with Gasteiger partial charge in [-0.3, -0.25) is 0 Å². The van der Waals surface area contributed by atoms with Crippen LogP contribution in [0.4, 0.5) is 0 Å². The van der Waals surface area contributed by atoms with Crippen LogP contribution in [0.5, 0.6) is 0 Å². The first kappa shape index (κ1) is 73.0. The lowest BCUT2D eigenvalue weighted by Gasteiger charge is -2.15. The first-order valence-electron chi connectivity index (χ1n) is 21.7. The lowest BCUT2D eigenvalue weighted by molar-refractivity contribution is 0.311. The molecule has 1 saturated carbocycles. The van der Waals surface area contributed by atoms with Crippen molar-refractivity contribution >= 4 is 8.32 Å². The summed E-state index contributed by atoms with van der Waals surface area (Å²) in [7, 11) is -1.18. The van der Waals surface area contributed by atoms with E-state index in [0.29, 0.717) is 0 Å². The minimum atomic E-state index is -1.18. The van der Waals surface area contributed by atoms with Crippen molar-refractivity contribution in [3.63, 3.8) is 0 Å². The van der Waals surface area contributed by atoms with Crippen LogP contribution in [-0.2, 0) is 10.8 Å². The highest BCUT2D eigenvalue weighted by molar-refractivity contribution is 6.69. The van der Waals surface area contributed by atoms with Crippen LogP contribution in [0.25, 0.3) is 0 Å². The molecule has 1 aromatic carbocycles. The van der Waals surface area contributed by atoms with Crippen molar-refractivity contribution in [2.45, 2.75) is 255 Å². The molecule has 2 rings (SSSR count). The summed E-state index contributed by atoms with van der Waals surface area (Å²) < 4.78 is 5.52. The van der Waals surface area contributed by atoms with Gasteiger partial charge in [-0.15, -0.1) is 0 Å². The fourth-order valence-corrected chi connectivity index (χ4v) is 3.57. The Morgan fingerprint density at radius 1 is 0.479 bits per heavy atom. The molecule has 0 amide bonds. The second-order valence-electron chi connectivity index (χ2n) is 11.5. The minimum absolute atomic E-state index is 0.833. The molecule has 0 bridgehead atoms. The van der Waals surface area contributed by atoms with E-state index in [1.54, 1.807) is 0 Å². The van der Waals surface area contributed by atoms with Gasteiger partial charge in [0.1, 0.15) is 0 Å². The Morgan fingerprint density at radius 3 is 0.875 bits per heavy atom. The number of benzene rings is 1. The van der Waals surface area contributed by atoms with Crippen molar-refractivity contribution in [1.29, 1.82) is 0 Å². The highest BCUT2D eigenvalue weighted by Crippen LogP contribution is 2.15. The summed E-state index contributed by atoms with van der Waals surface area (Å²) in [4.78, 5) is 0. The lowest BCUT2D eigenvalue weighted by atomic mass is 10.0. The Labute approximate surface area is 315 Å². The van der Waals surface area contributed by atoms with Crippen molar-refractivity contribution in [1.82, 2.24) is 0 Å². The summed E-state index contributed by atoms with van der Waals surface area (Å²) in [5.41, 5.74) is 1.44. The number of hydrogen-bond donors (Lipinski definition) is 0. The number of hydrogen-bond acceptors (Lipinski definition) is 1. The molecule has 1 aromatic rings. The monoisotopic (exact) mass is 705 g/mol. The Bertz CT molecular complexity index is 422. The van der Waals surface area contributed by atoms with Gasteiger partial charge >= 0.3 is 0 Å². The van der Waals surface area contributed by atoms with Gasteiger partial charge in [0.15, 0.2) is 8.32 Å². The van der Waals surface area contributed by atoms with Gasteiger partial charge in [0.25, 0.3) is 0 Å².